The third kappa shape index (κ3) is 3.36. The fraction of sp³-hybridized carbons (Fsp3) is 0.188. The summed E-state index contributed by atoms with van der Waals surface area (Å²) < 4.78 is 27.9. The maximum absolute atomic E-state index is 14.0. The van der Waals surface area contributed by atoms with E-state index in [4.69, 9.17) is 10.4 Å². The summed E-state index contributed by atoms with van der Waals surface area (Å²) in [6.07, 6.45) is 0. The number of benzene rings is 2. The first-order valence-corrected chi connectivity index (χ1v) is 6.34. The highest BCUT2D eigenvalue weighted by Gasteiger charge is 2.15. The Balaban J connectivity index is 2.28. The van der Waals surface area contributed by atoms with Crippen LogP contribution in [0, 0.1) is 23.0 Å². The van der Waals surface area contributed by atoms with Gasteiger partial charge in [-0.25, -0.2) is 8.78 Å². The second-order valence-corrected chi connectivity index (χ2v) is 4.73. The van der Waals surface area contributed by atoms with E-state index in [0.717, 1.165) is 17.7 Å². The SMILES string of the molecule is CN(Cc1cccc(C#N)c1)c1c(F)cc(CO)cc1F. The third-order valence-corrected chi connectivity index (χ3v) is 3.12. The third-order valence-electron chi connectivity index (χ3n) is 3.12. The van der Waals surface area contributed by atoms with Crippen molar-refractivity contribution in [3.05, 3.63) is 64.7 Å². The Morgan fingerprint density at radius 2 is 1.81 bits per heavy atom. The van der Waals surface area contributed by atoms with Gasteiger partial charge in [-0.3, -0.25) is 0 Å². The van der Waals surface area contributed by atoms with Crippen LogP contribution >= 0.6 is 0 Å². The summed E-state index contributed by atoms with van der Waals surface area (Å²) in [5.74, 6) is -1.45. The molecule has 0 aliphatic carbocycles. The van der Waals surface area contributed by atoms with Crippen LogP contribution in [0.15, 0.2) is 36.4 Å². The molecule has 0 amide bonds. The summed E-state index contributed by atoms with van der Waals surface area (Å²) in [6, 6.07) is 11.1. The van der Waals surface area contributed by atoms with Crippen molar-refractivity contribution < 1.29 is 13.9 Å². The van der Waals surface area contributed by atoms with Gasteiger partial charge in [0.25, 0.3) is 0 Å². The van der Waals surface area contributed by atoms with Crippen molar-refractivity contribution in [1.29, 1.82) is 5.26 Å². The molecule has 0 bridgehead atoms. The maximum Gasteiger partial charge on any atom is 0.149 e. The molecular formula is C16H14F2N2O. The van der Waals surface area contributed by atoms with Crippen LogP contribution in [0.5, 0.6) is 0 Å². The lowest BCUT2D eigenvalue weighted by Crippen LogP contribution is -2.19. The molecule has 21 heavy (non-hydrogen) atoms. The van der Waals surface area contributed by atoms with Crippen molar-refractivity contribution in [3.8, 4) is 6.07 Å². The van der Waals surface area contributed by atoms with Gasteiger partial charge in [-0.05, 0) is 35.4 Å². The number of nitrogens with zero attached hydrogens (tertiary/aromatic N) is 2. The van der Waals surface area contributed by atoms with Crippen LogP contribution in [-0.4, -0.2) is 12.2 Å². The van der Waals surface area contributed by atoms with Gasteiger partial charge in [0.1, 0.15) is 17.3 Å². The molecule has 2 aromatic rings. The molecule has 1 N–H and O–H groups in total. The summed E-state index contributed by atoms with van der Waals surface area (Å²) in [5.41, 5.74) is 1.31. The lowest BCUT2D eigenvalue weighted by Gasteiger charge is -2.21. The molecule has 2 rings (SSSR count). The smallest absolute Gasteiger partial charge is 0.149 e. The molecule has 0 aliphatic heterocycles. The summed E-state index contributed by atoms with van der Waals surface area (Å²) in [6.45, 7) is -0.149. The first-order chi connectivity index (χ1) is 10.0. The van der Waals surface area contributed by atoms with Crippen molar-refractivity contribution in [3.63, 3.8) is 0 Å². The number of nitriles is 1. The Hall–Kier alpha value is -2.45. The van der Waals surface area contributed by atoms with E-state index in [1.165, 1.54) is 4.90 Å². The number of rotatable bonds is 4. The predicted molar refractivity (Wildman–Crippen MR) is 75.5 cm³/mol. The highest BCUT2D eigenvalue weighted by molar-refractivity contribution is 5.50. The Morgan fingerprint density at radius 3 is 2.38 bits per heavy atom. The van der Waals surface area contributed by atoms with Gasteiger partial charge in [-0.15, -0.1) is 0 Å². The number of aliphatic hydroxyl groups is 1. The van der Waals surface area contributed by atoms with E-state index in [2.05, 4.69) is 0 Å². The van der Waals surface area contributed by atoms with E-state index in [9.17, 15) is 8.78 Å². The molecule has 2 aromatic carbocycles. The van der Waals surface area contributed by atoms with Gasteiger partial charge in [-0.1, -0.05) is 12.1 Å². The van der Waals surface area contributed by atoms with E-state index in [0.29, 0.717) is 5.56 Å². The topological polar surface area (TPSA) is 47.3 Å². The molecule has 0 aromatic heterocycles. The van der Waals surface area contributed by atoms with Crippen LogP contribution in [0.1, 0.15) is 16.7 Å². The Labute approximate surface area is 121 Å². The summed E-state index contributed by atoms with van der Waals surface area (Å²) in [4.78, 5) is 1.43. The Morgan fingerprint density at radius 1 is 1.14 bits per heavy atom. The van der Waals surface area contributed by atoms with Crippen LogP contribution in [-0.2, 0) is 13.2 Å². The van der Waals surface area contributed by atoms with E-state index in [-0.39, 0.29) is 17.8 Å². The predicted octanol–water partition coefficient (Wildman–Crippen LogP) is 2.97. The van der Waals surface area contributed by atoms with Gasteiger partial charge in [0.2, 0.25) is 0 Å². The van der Waals surface area contributed by atoms with Crippen molar-refractivity contribution in [2.24, 2.45) is 0 Å². The minimum atomic E-state index is -0.724. The lowest BCUT2D eigenvalue weighted by molar-refractivity contribution is 0.280. The van der Waals surface area contributed by atoms with E-state index in [1.54, 1.807) is 31.3 Å². The van der Waals surface area contributed by atoms with Gasteiger partial charge < -0.3 is 10.0 Å². The number of aliphatic hydroxyl groups excluding tert-OH is 1. The minimum absolute atomic E-state index is 0.158. The van der Waals surface area contributed by atoms with E-state index >= 15 is 0 Å². The Bertz CT molecular complexity index is 672. The van der Waals surface area contributed by atoms with Crippen molar-refractivity contribution in [1.82, 2.24) is 0 Å². The highest BCUT2D eigenvalue weighted by Crippen LogP contribution is 2.25. The van der Waals surface area contributed by atoms with Gasteiger partial charge >= 0.3 is 0 Å². The van der Waals surface area contributed by atoms with Gasteiger partial charge in [0.15, 0.2) is 0 Å². The molecule has 3 nitrogen and oxygen atoms in total. The molecule has 0 spiro atoms. The normalized spacial score (nSPS) is 10.2. The standard InChI is InChI=1S/C16H14F2N2O/c1-20(9-12-4-2-3-11(5-12)8-19)16-14(17)6-13(10-21)7-15(16)18/h2-7,21H,9-10H2,1H3. The van der Waals surface area contributed by atoms with Crippen LogP contribution in [0.4, 0.5) is 14.5 Å². The van der Waals surface area contributed by atoms with Crippen molar-refractivity contribution in [2.75, 3.05) is 11.9 Å². The van der Waals surface area contributed by atoms with Gasteiger partial charge in [-0.2, -0.15) is 5.26 Å². The van der Waals surface area contributed by atoms with Gasteiger partial charge in [0.05, 0.1) is 18.2 Å². The quantitative estimate of drug-likeness (QED) is 0.941. The first-order valence-electron chi connectivity index (χ1n) is 6.34. The van der Waals surface area contributed by atoms with Crippen molar-refractivity contribution in [2.45, 2.75) is 13.2 Å². The molecule has 5 heteroatoms. The molecule has 108 valence electrons. The fourth-order valence-electron chi connectivity index (χ4n) is 2.17. The van der Waals surface area contributed by atoms with E-state index in [1.807, 2.05) is 6.07 Å². The van der Waals surface area contributed by atoms with Crippen LogP contribution in [0.25, 0.3) is 0 Å². The number of hydrogen-bond acceptors (Lipinski definition) is 3. The largest absolute Gasteiger partial charge is 0.392 e. The second-order valence-electron chi connectivity index (χ2n) is 4.73. The molecule has 0 saturated carbocycles. The average Bonchev–Trinajstić information content (AvgIpc) is 2.46. The molecule has 0 saturated heterocycles. The zero-order chi connectivity index (χ0) is 15.4. The van der Waals surface area contributed by atoms with Crippen LogP contribution in [0.3, 0.4) is 0 Å². The van der Waals surface area contributed by atoms with E-state index < -0.39 is 18.2 Å². The molecule has 0 fully saturated rings. The highest BCUT2D eigenvalue weighted by atomic mass is 19.1. The first kappa shape index (κ1) is 14.9. The molecule has 0 heterocycles. The molecule has 0 atom stereocenters. The van der Waals surface area contributed by atoms with Gasteiger partial charge in [0, 0.05) is 13.6 Å². The van der Waals surface area contributed by atoms with Crippen LogP contribution < -0.4 is 4.90 Å². The molecule has 0 radical (unpaired) electrons. The summed E-state index contributed by atoms with van der Waals surface area (Å²) in [5, 5.41) is 17.8. The fourth-order valence-corrected chi connectivity index (χ4v) is 2.17. The van der Waals surface area contributed by atoms with Crippen LogP contribution in [0.2, 0.25) is 0 Å². The molecule has 0 aliphatic rings. The number of anilines is 1. The second kappa shape index (κ2) is 6.33. The monoisotopic (exact) mass is 288 g/mol. The summed E-state index contributed by atoms with van der Waals surface area (Å²) >= 11 is 0. The lowest BCUT2D eigenvalue weighted by atomic mass is 10.1. The Kier molecular flexibility index (Phi) is 4.51. The van der Waals surface area contributed by atoms with Crippen molar-refractivity contribution >= 4 is 5.69 Å². The zero-order valence-corrected chi connectivity index (χ0v) is 11.5. The number of hydrogen-bond donors (Lipinski definition) is 1. The molecule has 0 unspecified atom stereocenters. The minimum Gasteiger partial charge on any atom is -0.392 e. The zero-order valence-electron chi connectivity index (χ0n) is 11.5. The maximum atomic E-state index is 14.0. The average molecular weight is 288 g/mol. The summed E-state index contributed by atoms with van der Waals surface area (Å²) in [7, 11) is 1.57. The molecular weight excluding hydrogens is 274 g/mol. The number of halogens is 2.